The molecule has 0 bridgehead atoms. The highest BCUT2D eigenvalue weighted by Crippen LogP contribution is 2.32. The van der Waals surface area contributed by atoms with Crippen molar-refractivity contribution in [3.8, 4) is 0 Å². The van der Waals surface area contributed by atoms with Gasteiger partial charge in [0.05, 0.1) is 22.2 Å². The second-order valence-electron chi connectivity index (χ2n) is 7.15. The lowest BCUT2D eigenvalue weighted by atomic mass is 9.97. The van der Waals surface area contributed by atoms with Crippen LogP contribution in [0.2, 0.25) is 5.02 Å². The summed E-state index contributed by atoms with van der Waals surface area (Å²) in [5, 5.41) is 3.21. The molecule has 2 aromatic rings. The molecule has 0 radical (unpaired) electrons. The molecule has 1 fully saturated rings. The second kappa shape index (κ2) is 7.78. The van der Waals surface area contributed by atoms with E-state index in [4.69, 9.17) is 11.6 Å². The maximum atomic E-state index is 13.2. The fraction of sp³-hybridized carbons (Fsp3) is 0.300. The molecule has 2 aromatic carbocycles. The van der Waals surface area contributed by atoms with Crippen molar-refractivity contribution in [2.75, 3.05) is 29.9 Å². The molecule has 2 aliphatic heterocycles. The van der Waals surface area contributed by atoms with Crippen LogP contribution in [0.4, 0.5) is 11.4 Å². The monoisotopic (exact) mass is 433 g/mol. The largest absolute Gasteiger partial charge is 0.323 e. The minimum atomic E-state index is -3.72. The van der Waals surface area contributed by atoms with Crippen molar-refractivity contribution in [1.29, 1.82) is 0 Å². The van der Waals surface area contributed by atoms with E-state index in [-0.39, 0.29) is 29.8 Å². The Labute approximate surface area is 174 Å². The van der Waals surface area contributed by atoms with E-state index in [1.54, 1.807) is 24.3 Å². The van der Waals surface area contributed by atoms with Crippen LogP contribution in [-0.4, -0.2) is 44.2 Å². The first-order chi connectivity index (χ1) is 13.9. The first-order valence-electron chi connectivity index (χ1n) is 9.32. The number of nitrogens with zero attached hydrogens (tertiary/aromatic N) is 2. The molecule has 1 atom stereocenters. The fourth-order valence-electron chi connectivity index (χ4n) is 3.77. The van der Waals surface area contributed by atoms with E-state index in [0.29, 0.717) is 35.8 Å². The number of para-hydroxylation sites is 2. The summed E-state index contributed by atoms with van der Waals surface area (Å²) in [7, 11) is -3.72. The van der Waals surface area contributed by atoms with Gasteiger partial charge in [-0.3, -0.25) is 9.59 Å². The van der Waals surface area contributed by atoms with Gasteiger partial charge in [-0.2, -0.15) is 4.31 Å². The molecular formula is C20H20ClN3O4S. The summed E-state index contributed by atoms with van der Waals surface area (Å²) in [6, 6.07) is 13.1. The molecule has 0 unspecified atom stereocenters. The SMILES string of the molecule is O=C1CN(C(=O)[C@@H]2CCCN(S(=O)(=O)c3ccc(Cl)cc3)C2)c2ccccc2N1. The first-order valence-corrected chi connectivity index (χ1v) is 11.1. The molecule has 4 rings (SSSR count). The van der Waals surface area contributed by atoms with Crippen LogP contribution in [0, 0.1) is 5.92 Å². The van der Waals surface area contributed by atoms with Crippen LogP contribution in [0.15, 0.2) is 53.4 Å². The van der Waals surface area contributed by atoms with Gasteiger partial charge >= 0.3 is 0 Å². The van der Waals surface area contributed by atoms with Gasteiger partial charge in [-0.15, -0.1) is 0 Å². The van der Waals surface area contributed by atoms with Crippen molar-refractivity contribution in [1.82, 2.24) is 4.31 Å². The Morgan fingerprint density at radius 1 is 1.10 bits per heavy atom. The lowest BCUT2D eigenvalue weighted by Crippen LogP contribution is -2.50. The van der Waals surface area contributed by atoms with Gasteiger partial charge in [0, 0.05) is 18.1 Å². The zero-order valence-electron chi connectivity index (χ0n) is 15.5. The van der Waals surface area contributed by atoms with Crippen molar-refractivity contribution in [3.05, 3.63) is 53.6 Å². The molecule has 0 spiro atoms. The zero-order chi connectivity index (χ0) is 20.6. The third-order valence-electron chi connectivity index (χ3n) is 5.22. The highest BCUT2D eigenvalue weighted by Gasteiger charge is 2.37. The van der Waals surface area contributed by atoms with Crippen molar-refractivity contribution in [2.45, 2.75) is 17.7 Å². The standard InChI is InChI=1S/C20H20ClN3O4S/c21-15-7-9-16(10-8-15)29(27,28)23-11-3-4-14(12-23)20(26)24-13-19(25)22-17-5-1-2-6-18(17)24/h1-2,5-10,14H,3-4,11-13H2,(H,22,25)/t14-/m1/s1. The summed E-state index contributed by atoms with van der Waals surface area (Å²) in [5.41, 5.74) is 1.22. The molecule has 152 valence electrons. The predicted molar refractivity (Wildman–Crippen MR) is 110 cm³/mol. The van der Waals surface area contributed by atoms with Crippen molar-refractivity contribution in [3.63, 3.8) is 0 Å². The molecule has 0 aromatic heterocycles. The Kier molecular flexibility index (Phi) is 5.33. The molecule has 0 saturated carbocycles. The number of amides is 2. The van der Waals surface area contributed by atoms with Gasteiger partial charge in [0.15, 0.2) is 0 Å². The molecule has 2 aliphatic rings. The number of nitrogens with one attached hydrogen (secondary N) is 1. The first kappa shape index (κ1) is 19.9. The van der Waals surface area contributed by atoms with Gasteiger partial charge in [0.1, 0.15) is 6.54 Å². The van der Waals surface area contributed by atoms with Crippen LogP contribution < -0.4 is 10.2 Å². The average molecular weight is 434 g/mol. The van der Waals surface area contributed by atoms with Crippen LogP contribution in [0.1, 0.15) is 12.8 Å². The highest BCUT2D eigenvalue weighted by molar-refractivity contribution is 7.89. The number of benzene rings is 2. The fourth-order valence-corrected chi connectivity index (χ4v) is 5.42. The highest BCUT2D eigenvalue weighted by atomic mass is 35.5. The van der Waals surface area contributed by atoms with Crippen molar-refractivity contribution in [2.24, 2.45) is 5.92 Å². The number of anilines is 2. The molecule has 7 nitrogen and oxygen atoms in total. The van der Waals surface area contributed by atoms with E-state index in [0.717, 1.165) is 0 Å². The van der Waals surface area contributed by atoms with Crippen LogP contribution in [0.25, 0.3) is 0 Å². The third-order valence-corrected chi connectivity index (χ3v) is 7.35. The number of piperidine rings is 1. The lowest BCUT2D eigenvalue weighted by Gasteiger charge is -2.36. The second-order valence-corrected chi connectivity index (χ2v) is 9.52. The molecule has 2 amide bonds. The van der Waals surface area contributed by atoms with Gasteiger partial charge < -0.3 is 10.2 Å². The van der Waals surface area contributed by atoms with Crippen LogP contribution in [0.5, 0.6) is 0 Å². The summed E-state index contributed by atoms with van der Waals surface area (Å²) >= 11 is 5.86. The Balaban J connectivity index is 1.57. The van der Waals surface area contributed by atoms with E-state index in [2.05, 4.69) is 5.32 Å². The summed E-state index contributed by atoms with van der Waals surface area (Å²) in [6.45, 7) is 0.367. The molecule has 0 aliphatic carbocycles. The van der Waals surface area contributed by atoms with Gasteiger partial charge in [-0.1, -0.05) is 23.7 Å². The van der Waals surface area contributed by atoms with E-state index in [9.17, 15) is 18.0 Å². The van der Waals surface area contributed by atoms with Crippen LogP contribution in [0.3, 0.4) is 0 Å². The van der Waals surface area contributed by atoms with Gasteiger partial charge in [-0.05, 0) is 49.2 Å². The molecule has 2 heterocycles. The quantitative estimate of drug-likeness (QED) is 0.806. The Morgan fingerprint density at radius 3 is 2.59 bits per heavy atom. The predicted octanol–water partition coefficient (Wildman–Crippen LogP) is 2.73. The summed E-state index contributed by atoms with van der Waals surface area (Å²) < 4.78 is 27.3. The number of carbonyl (C=O) groups excluding carboxylic acids is 2. The van der Waals surface area contributed by atoms with E-state index >= 15 is 0 Å². The number of sulfonamides is 1. The minimum absolute atomic E-state index is 0.0731. The smallest absolute Gasteiger partial charge is 0.244 e. The van der Waals surface area contributed by atoms with Crippen molar-refractivity contribution >= 4 is 44.8 Å². The number of fused-ring (bicyclic) bond motifs is 1. The van der Waals surface area contributed by atoms with E-state index in [1.807, 2.05) is 0 Å². The number of rotatable bonds is 3. The number of hydrogen-bond donors (Lipinski definition) is 1. The normalized spacial score (nSPS) is 20.1. The summed E-state index contributed by atoms with van der Waals surface area (Å²) in [5.74, 6) is -1.01. The Hall–Kier alpha value is -2.42. The maximum Gasteiger partial charge on any atom is 0.244 e. The molecule has 1 saturated heterocycles. The minimum Gasteiger partial charge on any atom is -0.323 e. The zero-order valence-corrected chi connectivity index (χ0v) is 17.1. The molecule has 9 heteroatoms. The van der Waals surface area contributed by atoms with Gasteiger partial charge in [0.2, 0.25) is 21.8 Å². The average Bonchev–Trinajstić information content (AvgIpc) is 2.73. The molecule has 1 N–H and O–H groups in total. The number of carbonyl (C=O) groups is 2. The maximum absolute atomic E-state index is 13.2. The third kappa shape index (κ3) is 3.88. The lowest BCUT2D eigenvalue weighted by molar-refractivity contribution is -0.125. The Bertz CT molecular complexity index is 1060. The van der Waals surface area contributed by atoms with Crippen LogP contribution in [-0.2, 0) is 19.6 Å². The Morgan fingerprint density at radius 2 is 1.83 bits per heavy atom. The number of halogens is 1. The van der Waals surface area contributed by atoms with Crippen molar-refractivity contribution < 1.29 is 18.0 Å². The molecule has 29 heavy (non-hydrogen) atoms. The van der Waals surface area contributed by atoms with Crippen LogP contribution >= 0.6 is 11.6 Å². The summed E-state index contributed by atoms with van der Waals surface area (Å²) in [4.78, 5) is 26.9. The van der Waals surface area contributed by atoms with Gasteiger partial charge in [-0.25, -0.2) is 8.42 Å². The summed E-state index contributed by atoms with van der Waals surface area (Å²) in [6.07, 6.45) is 1.15. The van der Waals surface area contributed by atoms with E-state index in [1.165, 1.54) is 33.5 Å². The topological polar surface area (TPSA) is 86.8 Å². The van der Waals surface area contributed by atoms with E-state index < -0.39 is 15.9 Å². The molecular weight excluding hydrogens is 414 g/mol. The number of hydrogen-bond acceptors (Lipinski definition) is 4. The van der Waals surface area contributed by atoms with Gasteiger partial charge in [0.25, 0.3) is 0 Å².